The maximum atomic E-state index is 11.8. The van der Waals surface area contributed by atoms with E-state index in [9.17, 15) is 4.79 Å². The molecule has 0 aromatic carbocycles. The molecule has 4 nitrogen and oxygen atoms in total. The van der Waals surface area contributed by atoms with Gasteiger partial charge in [0.05, 0.1) is 12.0 Å². The highest BCUT2D eigenvalue weighted by molar-refractivity contribution is 7.10. The molecule has 92 valence electrons. The smallest absolute Gasteiger partial charge is 0.231 e. The van der Waals surface area contributed by atoms with Crippen molar-refractivity contribution in [3.8, 4) is 0 Å². The lowest BCUT2D eigenvalue weighted by molar-refractivity contribution is -0.129. The van der Waals surface area contributed by atoms with Crippen LogP contribution in [0.2, 0.25) is 0 Å². The third-order valence-electron chi connectivity index (χ3n) is 3.21. The number of nitrogens with one attached hydrogen (secondary N) is 2. The molecule has 1 aliphatic rings. The van der Waals surface area contributed by atoms with Gasteiger partial charge in [0.1, 0.15) is 0 Å². The SMILES string of the molecule is CCc1csc([C@]2(C)CC(=O)N(C)C(=N)N2)c1. The number of amides is 1. The normalized spacial score (nSPS) is 25.0. The first kappa shape index (κ1) is 12.1. The minimum absolute atomic E-state index is 0.0114. The summed E-state index contributed by atoms with van der Waals surface area (Å²) in [5.74, 6) is 0.165. The van der Waals surface area contributed by atoms with Gasteiger partial charge in [0.15, 0.2) is 5.96 Å². The maximum absolute atomic E-state index is 11.8. The Balaban J connectivity index is 2.30. The highest BCUT2D eigenvalue weighted by Crippen LogP contribution is 2.33. The van der Waals surface area contributed by atoms with Gasteiger partial charge in [-0.05, 0) is 30.4 Å². The Kier molecular flexibility index (Phi) is 2.95. The summed E-state index contributed by atoms with van der Waals surface area (Å²) in [6.07, 6.45) is 1.40. The molecule has 1 saturated heterocycles. The number of nitrogens with zero attached hydrogens (tertiary/aromatic N) is 1. The molecule has 17 heavy (non-hydrogen) atoms. The van der Waals surface area contributed by atoms with Crippen LogP contribution in [-0.2, 0) is 16.8 Å². The average Bonchev–Trinajstić information content (AvgIpc) is 2.75. The Bertz CT molecular complexity index is 448. The van der Waals surface area contributed by atoms with E-state index in [1.165, 1.54) is 10.5 Å². The molecular weight excluding hydrogens is 234 g/mol. The summed E-state index contributed by atoms with van der Waals surface area (Å²) in [6, 6.07) is 2.13. The number of carbonyl (C=O) groups excluding carboxylic acids is 1. The quantitative estimate of drug-likeness (QED) is 0.843. The molecule has 5 heteroatoms. The number of hydrogen-bond donors (Lipinski definition) is 2. The van der Waals surface area contributed by atoms with Gasteiger partial charge in [-0.15, -0.1) is 11.3 Å². The molecule has 0 radical (unpaired) electrons. The summed E-state index contributed by atoms with van der Waals surface area (Å²) in [6.45, 7) is 4.10. The van der Waals surface area contributed by atoms with E-state index < -0.39 is 5.54 Å². The molecule has 0 unspecified atom stereocenters. The van der Waals surface area contributed by atoms with Gasteiger partial charge in [-0.1, -0.05) is 6.92 Å². The average molecular weight is 251 g/mol. The van der Waals surface area contributed by atoms with Gasteiger partial charge in [0.25, 0.3) is 0 Å². The lowest BCUT2D eigenvalue weighted by Gasteiger charge is -2.38. The van der Waals surface area contributed by atoms with Crippen LogP contribution in [-0.4, -0.2) is 23.8 Å². The summed E-state index contributed by atoms with van der Waals surface area (Å²) in [7, 11) is 1.63. The maximum Gasteiger partial charge on any atom is 0.231 e. The van der Waals surface area contributed by atoms with Crippen LogP contribution in [0.3, 0.4) is 0 Å². The van der Waals surface area contributed by atoms with Gasteiger partial charge in [-0.2, -0.15) is 0 Å². The van der Waals surface area contributed by atoms with E-state index in [0.717, 1.165) is 11.3 Å². The Morgan fingerprint density at radius 3 is 2.88 bits per heavy atom. The third kappa shape index (κ3) is 2.07. The van der Waals surface area contributed by atoms with Crippen LogP contribution >= 0.6 is 11.3 Å². The molecular formula is C12H17N3OS. The van der Waals surface area contributed by atoms with Gasteiger partial charge in [-0.25, -0.2) is 0 Å². The predicted molar refractivity (Wildman–Crippen MR) is 69.3 cm³/mol. The molecule has 1 amide bonds. The van der Waals surface area contributed by atoms with E-state index in [4.69, 9.17) is 5.41 Å². The van der Waals surface area contributed by atoms with Crippen LogP contribution in [0, 0.1) is 5.41 Å². The molecule has 1 aliphatic heterocycles. The second-order valence-electron chi connectivity index (χ2n) is 4.61. The zero-order valence-corrected chi connectivity index (χ0v) is 11.1. The molecule has 0 saturated carbocycles. The first-order valence-corrected chi connectivity index (χ1v) is 6.55. The van der Waals surface area contributed by atoms with Crippen molar-refractivity contribution < 1.29 is 4.79 Å². The van der Waals surface area contributed by atoms with Crippen LogP contribution in [0.1, 0.15) is 30.7 Å². The number of carbonyl (C=O) groups is 1. The fourth-order valence-corrected chi connectivity index (χ4v) is 3.05. The van der Waals surface area contributed by atoms with Crippen molar-refractivity contribution in [1.29, 1.82) is 5.41 Å². The van der Waals surface area contributed by atoms with Crippen LogP contribution in [0.4, 0.5) is 0 Å². The zero-order chi connectivity index (χ0) is 12.6. The van der Waals surface area contributed by atoms with Crippen molar-refractivity contribution in [1.82, 2.24) is 10.2 Å². The monoisotopic (exact) mass is 251 g/mol. The molecule has 1 aromatic heterocycles. The first-order chi connectivity index (χ1) is 7.96. The summed E-state index contributed by atoms with van der Waals surface area (Å²) >= 11 is 1.65. The summed E-state index contributed by atoms with van der Waals surface area (Å²) in [5.41, 5.74) is 0.851. The molecule has 1 aromatic rings. The summed E-state index contributed by atoms with van der Waals surface area (Å²) < 4.78 is 0. The molecule has 1 atom stereocenters. The van der Waals surface area contributed by atoms with Gasteiger partial charge >= 0.3 is 0 Å². The molecule has 2 rings (SSSR count). The van der Waals surface area contributed by atoms with E-state index in [1.54, 1.807) is 18.4 Å². The first-order valence-electron chi connectivity index (χ1n) is 5.67. The predicted octanol–water partition coefficient (Wildman–Crippen LogP) is 1.91. The van der Waals surface area contributed by atoms with Gasteiger partial charge in [0.2, 0.25) is 5.91 Å². The standard InChI is InChI=1S/C12H17N3OS/c1-4-8-5-9(17-7-8)12(2)6-10(16)15(3)11(13)14-12/h5,7H,4,6H2,1-3H3,(H2,13,14)/t12-/m0/s1. The minimum Gasteiger partial charge on any atom is -0.345 e. The second kappa shape index (κ2) is 4.14. The number of guanidine groups is 1. The summed E-state index contributed by atoms with van der Waals surface area (Å²) in [5, 5.41) is 13.0. The van der Waals surface area contributed by atoms with Gasteiger partial charge in [-0.3, -0.25) is 15.1 Å². The largest absolute Gasteiger partial charge is 0.345 e. The van der Waals surface area contributed by atoms with Gasteiger partial charge in [0, 0.05) is 11.9 Å². The number of aryl methyl sites for hydroxylation is 1. The Labute approximate surface area is 105 Å². The highest BCUT2D eigenvalue weighted by atomic mass is 32.1. The third-order valence-corrected chi connectivity index (χ3v) is 4.46. The lowest BCUT2D eigenvalue weighted by Crippen LogP contribution is -2.57. The van der Waals surface area contributed by atoms with E-state index in [-0.39, 0.29) is 11.9 Å². The van der Waals surface area contributed by atoms with Crippen molar-refractivity contribution in [3.63, 3.8) is 0 Å². The van der Waals surface area contributed by atoms with Crippen molar-refractivity contribution in [2.24, 2.45) is 0 Å². The molecule has 2 heterocycles. The van der Waals surface area contributed by atoms with Crippen LogP contribution in [0.25, 0.3) is 0 Å². The van der Waals surface area contributed by atoms with E-state index in [0.29, 0.717) is 6.42 Å². The minimum atomic E-state index is -0.432. The van der Waals surface area contributed by atoms with Crippen molar-refractivity contribution in [2.45, 2.75) is 32.2 Å². The Morgan fingerprint density at radius 2 is 2.35 bits per heavy atom. The number of rotatable bonds is 2. The van der Waals surface area contributed by atoms with Crippen molar-refractivity contribution in [2.75, 3.05) is 7.05 Å². The molecule has 0 aliphatic carbocycles. The molecule has 1 fully saturated rings. The van der Waals surface area contributed by atoms with Crippen molar-refractivity contribution in [3.05, 3.63) is 21.9 Å². The van der Waals surface area contributed by atoms with E-state index in [2.05, 4.69) is 23.7 Å². The fraction of sp³-hybridized carbons (Fsp3) is 0.500. The Morgan fingerprint density at radius 1 is 1.65 bits per heavy atom. The summed E-state index contributed by atoms with van der Waals surface area (Å²) in [4.78, 5) is 14.3. The molecule has 0 spiro atoms. The van der Waals surface area contributed by atoms with Gasteiger partial charge < -0.3 is 5.32 Å². The number of hydrogen-bond acceptors (Lipinski definition) is 3. The van der Waals surface area contributed by atoms with E-state index in [1.807, 2.05) is 6.92 Å². The van der Waals surface area contributed by atoms with Crippen LogP contribution in [0.5, 0.6) is 0 Å². The second-order valence-corrected chi connectivity index (χ2v) is 5.52. The van der Waals surface area contributed by atoms with Crippen LogP contribution in [0.15, 0.2) is 11.4 Å². The Hall–Kier alpha value is -1.36. The van der Waals surface area contributed by atoms with Crippen LogP contribution < -0.4 is 5.32 Å². The topological polar surface area (TPSA) is 56.2 Å². The molecule has 0 bridgehead atoms. The number of thiophene rings is 1. The highest BCUT2D eigenvalue weighted by Gasteiger charge is 2.38. The van der Waals surface area contributed by atoms with E-state index >= 15 is 0 Å². The molecule has 2 N–H and O–H groups in total. The van der Waals surface area contributed by atoms with Crippen molar-refractivity contribution >= 4 is 23.2 Å². The fourth-order valence-electron chi connectivity index (χ4n) is 1.93. The zero-order valence-electron chi connectivity index (χ0n) is 10.3. The lowest BCUT2D eigenvalue weighted by atomic mass is 9.92.